The van der Waals surface area contributed by atoms with Crippen LogP contribution in [0.1, 0.15) is 12.5 Å². The van der Waals surface area contributed by atoms with E-state index in [1.165, 1.54) is 0 Å². The van der Waals surface area contributed by atoms with E-state index in [1.54, 1.807) is 0 Å². The topological polar surface area (TPSA) is 24.1 Å². The van der Waals surface area contributed by atoms with Crippen molar-refractivity contribution >= 4 is 38.9 Å². The van der Waals surface area contributed by atoms with Crippen LogP contribution in [-0.4, -0.2) is 11.7 Å². The molecule has 0 fully saturated rings. The maximum Gasteiger partial charge on any atom is 0.170 e. The number of rotatable bonds is 2. The summed E-state index contributed by atoms with van der Waals surface area (Å²) < 4.78 is 1.08. The van der Waals surface area contributed by atoms with Crippen molar-refractivity contribution in [2.75, 3.05) is 11.9 Å². The molecule has 2 nitrogen and oxygen atoms in total. The summed E-state index contributed by atoms with van der Waals surface area (Å²) in [5.41, 5.74) is 2.19. The molecule has 0 unspecified atom stereocenters. The number of benzene rings is 1. The maximum atomic E-state index is 5.10. The van der Waals surface area contributed by atoms with Crippen molar-refractivity contribution in [3.8, 4) is 0 Å². The Labute approximate surface area is 98.2 Å². The second-order valence-corrected chi connectivity index (χ2v) is 4.16. The summed E-state index contributed by atoms with van der Waals surface area (Å²) in [6.07, 6.45) is 0. The lowest BCUT2D eigenvalue weighted by atomic mass is 10.2. The molecule has 0 saturated heterocycles. The zero-order chi connectivity index (χ0) is 10.6. The summed E-state index contributed by atoms with van der Waals surface area (Å²) in [5, 5.41) is 6.85. The molecule has 0 aliphatic carbocycles. The normalized spacial score (nSPS) is 9.64. The van der Waals surface area contributed by atoms with Gasteiger partial charge >= 0.3 is 0 Å². The Morgan fingerprint density at radius 1 is 1.50 bits per heavy atom. The van der Waals surface area contributed by atoms with Gasteiger partial charge in [-0.3, -0.25) is 0 Å². The molecule has 0 saturated carbocycles. The van der Waals surface area contributed by atoms with Gasteiger partial charge < -0.3 is 10.6 Å². The van der Waals surface area contributed by atoms with E-state index in [9.17, 15) is 0 Å². The van der Waals surface area contributed by atoms with Crippen molar-refractivity contribution in [3.63, 3.8) is 0 Å². The number of hydrogen-bond donors (Lipinski definition) is 2. The second-order valence-electron chi connectivity index (χ2n) is 2.90. The Balaban J connectivity index is 2.76. The van der Waals surface area contributed by atoms with Crippen LogP contribution in [-0.2, 0) is 0 Å². The predicted octanol–water partition coefficient (Wildman–Crippen LogP) is 3.06. The number of thiocarbonyl (C=S) groups is 1. The van der Waals surface area contributed by atoms with E-state index >= 15 is 0 Å². The summed E-state index contributed by atoms with van der Waals surface area (Å²) in [7, 11) is 0. The van der Waals surface area contributed by atoms with Crippen LogP contribution < -0.4 is 10.6 Å². The third kappa shape index (κ3) is 2.96. The molecular formula is C10H13BrN2S. The lowest BCUT2D eigenvalue weighted by Gasteiger charge is -2.11. The van der Waals surface area contributed by atoms with Gasteiger partial charge in [0.05, 0.1) is 0 Å². The van der Waals surface area contributed by atoms with Crippen molar-refractivity contribution in [1.82, 2.24) is 5.32 Å². The molecule has 0 amide bonds. The molecule has 4 heteroatoms. The Morgan fingerprint density at radius 3 is 2.86 bits per heavy atom. The quantitative estimate of drug-likeness (QED) is 0.810. The molecule has 1 aromatic rings. The first-order valence-electron chi connectivity index (χ1n) is 4.45. The van der Waals surface area contributed by atoms with Crippen LogP contribution in [0, 0.1) is 6.92 Å². The average molecular weight is 273 g/mol. The predicted molar refractivity (Wildman–Crippen MR) is 68.8 cm³/mol. The van der Waals surface area contributed by atoms with E-state index in [2.05, 4.69) is 26.6 Å². The fourth-order valence-electron chi connectivity index (χ4n) is 1.07. The molecule has 0 aliphatic rings. The van der Waals surface area contributed by atoms with Crippen LogP contribution in [0.25, 0.3) is 0 Å². The molecule has 0 aromatic heterocycles. The summed E-state index contributed by atoms with van der Waals surface area (Å²) in [5.74, 6) is 0. The highest BCUT2D eigenvalue weighted by molar-refractivity contribution is 9.10. The highest BCUT2D eigenvalue weighted by Crippen LogP contribution is 2.23. The highest BCUT2D eigenvalue weighted by atomic mass is 79.9. The number of halogens is 1. The number of hydrogen-bond acceptors (Lipinski definition) is 1. The van der Waals surface area contributed by atoms with Crippen LogP contribution in [0.3, 0.4) is 0 Å². The first-order chi connectivity index (χ1) is 6.65. The van der Waals surface area contributed by atoms with E-state index < -0.39 is 0 Å². The minimum Gasteiger partial charge on any atom is -0.363 e. The van der Waals surface area contributed by atoms with E-state index in [0.717, 1.165) is 22.3 Å². The van der Waals surface area contributed by atoms with Gasteiger partial charge in [-0.2, -0.15) is 0 Å². The number of nitrogens with one attached hydrogen (secondary N) is 2. The van der Waals surface area contributed by atoms with Gasteiger partial charge in [-0.15, -0.1) is 0 Å². The summed E-state index contributed by atoms with van der Waals surface area (Å²) in [4.78, 5) is 0. The van der Waals surface area contributed by atoms with Crippen molar-refractivity contribution in [1.29, 1.82) is 0 Å². The van der Waals surface area contributed by atoms with E-state index in [1.807, 2.05) is 32.0 Å². The molecule has 14 heavy (non-hydrogen) atoms. The second kappa shape index (κ2) is 5.32. The maximum absolute atomic E-state index is 5.10. The van der Waals surface area contributed by atoms with Gasteiger partial charge in [-0.05, 0) is 43.8 Å². The lowest BCUT2D eigenvalue weighted by molar-refractivity contribution is 0.979. The lowest BCUT2D eigenvalue weighted by Crippen LogP contribution is -2.28. The molecule has 0 bridgehead atoms. The van der Waals surface area contributed by atoms with Gasteiger partial charge in [0.1, 0.15) is 0 Å². The zero-order valence-corrected chi connectivity index (χ0v) is 10.6. The van der Waals surface area contributed by atoms with Gasteiger partial charge in [0.2, 0.25) is 0 Å². The molecular weight excluding hydrogens is 260 g/mol. The summed E-state index contributed by atoms with van der Waals surface area (Å²) in [6.45, 7) is 4.89. The Bertz CT molecular complexity index is 339. The Hall–Kier alpha value is -0.610. The number of anilines is 1. The van der Waals surface area contributed by atoms with Crippen molar-refractivity contribution < 1.29 is 0 Å². The third-order valence-electron chi connectivity index (χ3n) is 1.85. The summed E-state index contributed by atoms with van der Waals surface area (Å²) >= 11 is 8.57. The molecule has 0 spiro atoms. The molecule has 1 rings (SSSR count). The molecule has 0 heterocycles. The van der Waals surface area contributed by atoms with Crippen molar-refractivity contribution in [2.45, 2.75) is 13.8 Å². The largest absolute Gasteiger partial charge is 0.363 e. The van der Waals surface area contributed by atoms with Gasteiger partial charge in [0.15, 0.2) is 5.11 Å². The minimum absolute atomic E-state index is 0.661. The molecule has 0 radical (unpaired) electrons. The van der Waals surface area contributed by atoms with Crippen molar-refractivity contribution in [3.05, 3.63) is 28.2 Å². The van der Waals surface area contributed by atoms with E-state index in [4.69, 9.17) is 12.2 Å². The fraction of sp³-hybridized carbons (Fsp3) is 0.300. The van der Waals surface area contributed by atoms with Gasteiger partial charge in [-0.1, -0.05) is 22.0 Å². The standard InChI is InChI=1S/C10H13BrN2S/c1-3-12-10(14)13-9-6-4-5-8(11)7(9)2/h4-6H,3H2,1-2H3,(H2,12,13,14). The van der Waals surface area contributed by atoms with Crippen LogP contribution in [0.5, 0.6) is 0 Å². The van der Waals surface area contributed by atoms with Crippen LogP contribution in [0.15, 0.2) is 22.7 Å². The molecule has 76 valence electrons. The monoisotopic (exact) mass is 272 g/mol. The zero-order valence-electron chi connectivity index (χ0n) is 8.23. The van der Waals surface area contributed by atoms with Gasteiger partial charge in [-0.25, -0.2) is 0 Å². The van der Waals surface area contributed by atoms with Crippen LogP contribution >= 0.6 is 28.1 Å². The first-order valence-corrected chi connectivity index (χ1v) is 5.65. The SMILES string of the molecule is CCNC(=S)Nc1cccc(Br)c1C. The summed E-state index contributed by atoms with van der Waals surface area (Å²) in [6, 6.07) is 5.99. The fourth-order valence-corrected chi connectivity index (χ4v) is 1.69. The van der Waals surface area contributed by atoms with Gasteiger partial charge in [0, 0.05) is 16.7 Å². The van der Waals surface area contributed by atoms with E-state index in [0.29, 0.717) is 5.11 Å². The molecule has 2 N–H and O–H groups in total. The van der Waals surface area contributed by atoms with Crippen LogP contribution in [0.4, 0.5) is 5.69 Å². The Kier molecular flexibility index (Phi) is 4.35. The van der Waals surface area contributed by atoms with Gasteiger partial charge in [0.25, 0.3) is 0 Å². The van der Waals surface area contributed by atoms with Crippen LogP contribution in [0.2, 0.25) is 0 Å². The smallest absolute Gasteiger partial charge is 0.170 e. The van der Waals surface area contributed by atoms with Crippen molar-refractivity contribution in [2.24, 2.45) is 0 Å². The first kappa shape index (κ1) is 11.5. The molecule has 0 atom stereocenters. The minimum atomic E-state index is 0.661. The molecule has 0 aliphatic heterocycles. The average Bonchev–Trinajstić information content (AvgIpc) is 2.13. The third-order valence-corrected chi connectivity index (χ3v) is 2.96. The Morgan fingerprint density at radius 2 is 2.21 bits per heavy atom. The van der Waals surface area contributed by atoms with E-state index in [-0.39, 0.29) is 0 Å². The molecule has 1 aromatic carbocycles. The highest BCUT2D eigenvalue weighted by Gasteiger charge is 2.02.